The Kier molecular flexibility index (Phi) is 3.09. The van der Waals surface area contributed by atoms with Crippen molar-refractivity contribution in [2.75, 3.05) is 18.4 Å². The van der Waals surface area contributed by atoms with Gasteiger partial charge in [0, 0.05) is 31.5 Å². The summed E-state index contributed by atoms with van der Waals surface area (Å²) in [5.74, 6) is 1.24. The number of benzene rings is 1. The third kappa shape index (κ3) is 2.45. The van der Waals surface area contributed by atoms with Gasteiger partial charge in [0.2, 0.25) is 11.7 Å². The molecule has 2 aliphatic rings. The van der Waals surface area contributed by atoms with Crippen LogP contribution < -0.4 is 20.1 Å². The Hall–Kier alpha value is -1.75. The number of carbonyl (C=O) groups is 1. The van der Waals surface area contributed by atoms with Crippen LogP contribution in [0.4, 0.5) is 5.69 Å². The quantitative estimate of drug-likeness (QED) is 0.886. The van der Waals surface area contributed by atoms with Gasteiger partial charge in [-0.1, -0.05) is 6.92 Å². The number of hydrogen-bond donors (Lipinski definition) is 2. The van der Waals surface area contributed by atoms with Crippen molar-refractivity contribution >= 4 is 11.6 Å². The van der Waals surface area contributed by atoms with Crippen molar-refractivity contribution in [3.8, 4) is 11.5 Å². The molecular weight excluding hydrogens is 256 g/mol. The van der Waals surface area contributed by atoms with Gasteiger partial charge in [-0.15, -0.1) is 0 Å². The summed E-state index contributed by atoms with van der Waals surface area (Å²) in [5, 5.41) is 6.13. The molecule has 1 saturated heterocycles. The predicted octanol–water partition coefficient (Wildman–Crippen LogP) is 1.99. The maximum atomic E-state index is 12.2. The summed E-state index contributed by atoms with van der Waals surface area (Å²) in [6, 6.07) is 5.48. The molecule has 2 heterocycles. The number of nitrogens with one attached hydrogen (secondary N) is 2. The van der Waals surface area contributed by atoms with E-state index in [-0.39, 0.29) is 11.8 Å². The van der Waals surface area contributed by atoms with Crippen molar-refractivity contribution in [2.24, 2.45) is 11.8 Å². The topological polar surface area (TPSA) is 59.6 Å². The van der Waals surface area contributed by atoms with E-state index in [1.807, 2.05) is 39.0 Å². The van der Waals surface area contributed by atoms with Gasteiger partial charge in [0.15, 0.2) is 11.5 Å². The van der Waals surface area contributed by atoms with Crippen molar-refractivity contribution in [1.29, 1.82) is 0 Å². The first-order chi connectivity index (χ1) is 9.44. The fourth-order valence-electron chi connectivity index (χ4n) is 2.44. The lowest BCUT2D eigenvalue weighted by atomic mass is 9.88. The van der Waals surface area contributed by atoms with Crippen LogP contribution >= 0.6 is 0 Å². The van der Waals surface area contributed by atoms with Gasteiger partial charge in [-0.25, -0.2) is 0 Å². The Morgan fingerprint density at radius 1 is 1.35 bits per heavy atom. The van der Waals surface area contributed by atoms with Gasteiger partial charge in [0.05, 0.1) is 0 Å². The smallest absolute Gasteiger partial charge is 0.246 e. The standard InChI is InChI=1S/C15H20N2O3/c1-9(10-7-16-8-10)14(18)17-11-4-5-12-13(6-11)20-15(2,3)19-12/h4-6,9-10,16H,7-8H2,1-3H3,(H,17,18). The summed E-state index contributed by atoms with van der Waals surface area (Å²) in [6.07, 6.45) is 0. The zero-order valence-electron chi connectivity index (χ0n) is 12.0. The molecule has 1 aromatic carbocycles. The Morgan fingerprint density at radius 3 is 2.70 bits per heavy atom. The number of hydrogen-bond acceptors (Lipinski definition) is 4. The minimum Gasteiger partial charge on any atom is -0.449 e. The molecule has 1 aromatic rings. The van der Waals surface area contributed by atoms with Crippen LogP contribution in [0.1, 0.15) is 20.8 Å². The van der Waals surface area contributed by atoms with Crippen molar-refractivity contribution in [3.05, 3.63) is 18.2 Å². The van der Waals surface area contributed by atoms with Crippen molar-refractivity contribution in [3.63, 3.8) is 0 Å². The van der Waals surface area contributed by atoms with Crippen LogP contribution in [0.2, 0.25) is 0 Å². The van der Waals surface area contributed by atoms with E-state index >= 15 is 0 Å². The molecule has 0 saturated carbocycles. The largest absolute Gasteiger partial charge is 0.449 e. The monoisotopic (exact) mass is 276 g/mol. The highest BCUT2D eigenvalue weighted by atomic mass is 16.7. The molecular formula is C15H20N2O3. The minimum absolute atomic E-state index is 0.0121. The highest BCUT2D eigenvalue weighted by molar-refractivity contribution is 5.93. The number of ether oxygens (including phenoxy) is 2. The summed E-state index contributed by atoms with van der Waals surface area (Å²) < 4.78 is 11.3. The summed E-state index contributed by atoms with van der Waals surface area (Å²) in [4.78, 5) is 12.2. The number of carbonyl (C=O) groups excluding carboxylic acids is 1. The van der Waals surface area contributed by atoms with Crippen LogP contribution in [0.5, 0.6) is 11.5 Å². The molecule has 1 fully saturated rings. The van der Waals surface area contributed by atoms with Crippen LogP contribution in [0.25, 0.3) is 0 Å². The lowest BCUT2D eigenvalue weighted by Crippen LogP contribution is -2.48. The summed E-state index contributed by atoms with van der Waals surface area (Å²) in [7, 11) is 0. The fraction of sp³-hybridized carbons (Fsp3) is 0.533. The second-order valence-electron chi connectivity index (χ2n) is 5.96. The van der Waals surface area contributed by atoms with Crippen molar-refractivity contribution < 1.29 is 14.3 Å². The van der Waals surface area contributed by atoms with E-state index in [1.165, 1.54) is 0 Å². The molecule has 1 atom stereocenters. The molecule has 3 rings (SSSR count). The Bertz CT molecular complexity index is 538. The average Bonchev–Trinajstić information content (AvgIpc) is 2.59. The lowest BCUT2D eigenvalue weighted by Gasteiger charge is -2.31. The van der Waals surface area contributed by atoms with Crippen LogP contribution in [0.15, 0.2) is 18.2 Å². The first-order valence-electron chi connectivity index (χ1n) is 6.98. The maximum absolute atomic E-state index is 12.2. The normalized spacial score (nSPS) is 21.1. The molecule has 0 radical (unpaired) electrons. The van der Waals surface area contributed by atoms with Gasteiger partial charge in [0.25, 0.3) is 0 Å². The molecule has 1 unspecified atom stereocenters. The molecule has 2 aliphatic heterocycles. The Morgan fingerprint density at radius 2 is 2.05 bits per heavy atom. The molecule has 0 aliphatic carbocycles. The van der Waals surface area contributed by atoms with E-state index in [9.17, 15) is 4.79 Å². The van der Waals surface area contributed by atoms with Crippen LogP contribution in [-0.4, -0.2) is 24.8 Å². The van der Waals surface area contributed by atoms with E-state index in [1.54, 1.807) is 0 Å². The summed E-state index contributed by atoms with van der Waals surface area (Å²) in [6.45, 7) is 7.53. The molecule has 108 valence electrons. The van der Waals surface area contributed by atoms with Gasteiger partial charge >= 0.3 is 0 Å². The average molecular weight is 276 g/mol. The first kappa shape index (κ1) is 13.2. The molecule has 5 nitrogen and oxygen atoms in total. The summed E-state index contributed by atoms with van der Waals surface area (Å²) >= 11 is 0. The molecule has 2 N–H and O–H groups in total. The van der Waals surface area contributed by atoms with Crippen molar-refractivity contribution in [2.45, 2.75) is 26.6 Å². The zero-order valence-corrected chi connectivity index (χ0v) is 12.0. The number of anilines is 1. The maximum Gasteiger partial charge on any atom is 0.246 e. The molecule has 0 bridgehead atoms. The van der Waals surface area contributed by atoms with Crippen LogP contribution in [0.3, 0.4) is 0 Å². The SMILES string of the molecule is CC(C(=O)Nc1ccc2c(c1)OC(C)(C)O2)C1CNC1. The number of rotatable bonds is 3. The van der Waals surface area contributed by atoms with Crippen molar-refractivity contribution in [1.82, 2.24) is 5.32 Å². The second kappa shape index (κ2) is 4.66. The fourth-order valence-corrected chi connectivity index (χ4v) is 2.44. The first-order valence-corrected chi connectivity index (χ1v) is 6.98. The second-order valence-corrected chi connectivity index (χ2v) is 5.96. The molecule has 0 spiro atoms. The zero-order chi connectivity index (χ0) is 14.3. The van der Waals surface area contributed by atoms with Gasteiger partial charge in [-0.05, 0) is 31.1 Å². The third-order valence-electron chi connectivity index (χ3n) is 3.86. The third-order valence-corrected chi connectivity index (χ3v) is 3.86. The number of fused-ring (bicyclic) bond motifs is 1. The molecule has 20 heavy (non-hydrogen) atoms. The van der Waals surface area contributed by atoms with Gasteiger partial charge < -0.3 is 20.1 Å². The Balaban J connectivity index is 1.68. The molecule has 5 heteroatoms. The van der Waals surface area contributed by atoms with E-state index in [0.717, 1.165) is 18.8 Å². The van der Waals surface area contributed by atoms with Crippen LogP contribution in [0, 0.1) is 11.8 Å². The van der Waals surface area contributed by atoms with Gasteiger partial charge in [0.1, 0.15) is 0 Å². The summed E-state index contributed by atoms with van der Waals surface area (Å²) in [5.41, 5.74) is 0.745. The van der Waals surface area contributed by atoms with Gasteiger partial charge in [-0.2, -0.15) is 0 Å². The highest BCUT2D eigenvalue weighted by Gasteiger charge is 2.32. The minimum atomic E-state index is -0.643. The van der Waals surface area contributed by atoms with E-state index in [4.69, 9.17) is 9.47 Å². The van der Waals surface area contributed by atoms with E-state index in [0.29, 0.717) is 17.4 Å². The molecule has 1 amide bonds. The predicted molar refractivity (Wildman–Crippen MR) is 75.9 cm³/mol. The highest BCUT2D eigenvalue weighted by Crippen LogP contribution is 2.40. The molecule has 0 aromatic heterocycles. The lowest BCUT2D eigenvalue weighted by molar-refractivity contribution is -0.121. The Labute approximate surface area is 118 Å². The number of amides is 1. The van der Waals surface area contributed by atoms with E-state index < -0.39 is 5.79 Å². The van der Waals surface area contributed by atoms with Gasteiger partial charge in [-0.3, -0.25) is 4.79 Å². The van der Waals surface area contributed by atoms with E-state index in [2.05, 4.69) is 10.6 Å². The van der Waals surface area contributed by atoms with Crippen LogP contribution in [-0.2, 0) is 4.79 Å².